The highest BCUT2D eigenvalue weighted by atomic mass is 35.5. The lowest BCUT2D eigenvalue weighted by molar-refractivity contribution is 0.466. The van der Waals surface area contributed by atoms with Crippen LogP contribution in [0.15, 0.2) is 29.6 Å². The van der Waals surface area contributed by atoms with E-state index in [1.807, 2.05) is 17.5 Å². The summed E-state index contributed by atoms with van der Waals surface area (Å²) in [6.45, 7) is 0. The van der Waals surface area contributed by atoms with Gasteiger partial charge in [-0.1, -0.05) is 29.3 Å². The average Bonchev–Trinajstić information content (AvgIpc) is 2.75. The summed E-state index contributed by atoms with van der Waals surface area (Å²) in [6.07, 6.45) is 0. The molecular formula is C11H10Cl3NOS. The van der Waals surface area contributed by atoms with Crippen LogP contribution in [-0.4, -0.2) is 5.11 Å². The predicted octanol–water partition coefficient (Wildman–Crippen LogP) is 4.23. The molecule has 1 atom stereocenters. The molecule has 0 saturated heterocycles. The van der Waals surface area contributed by atoms with Crippen molar-refractivity contribution in [3.63, 3.8) is 0 Å². The Morgan fingerprint density at radius 2 is 2.00 bits per heavy atom. The number of thiophene rings is 1. The Morgan fingerprint density at radius 1 is 1.29 bits per heavy atom. The second kappa shape index (κ2) is 5.94. The highest BCUT2D eigenvalue weighted by Crippen LogP contribution is 2.37. The topological polar surface area (TPSA) is 46.2 Å². The molecule has 17 heavy (non-hydrogen) atoms. The van der Waals surface area contributed by atoms with Crippen molar-refractivity contribution in [2.45, 2.75) is 6.04 Å². The molecular weight excluding hydrogens is 301 g/mol. The van der Waals surface area contributed by atoms with E-state index in [0.717, 1.165) is 4.88 Å². The Labute approximate surface area is 119 Å². The van der Waals surface area contributed by atoms with E-state index >= 15 is 0 Å². The van der Waals surface area contributed by atoms with Gasteiger partial charge >= 0.3 is 0 Å². The van der Waals surface area contributed by atoms with Crippen LogP contribution in [-0.2, 0) is 0 Å². The Morgan fingerprint density at radius 3 is 2.59 bits per heavy atom. The third-order valence-electron chi connectivity index (χ3n) is 2.24. The van der Waals surface area contributed by atoms with Gasteiger partial charge in [0.05, 0.1) is 11.1 Å². The van der Waals surface area contributed by atoms with Gasteiger partial charge in [-0.05, 0) is 23.6 Å². The SMILES string of the molecule is Cl.N[C@@H](c1cccs1)c1cc(Cl)cc(Cl)c1O. The maximum absolute atomic E-state index is 9.83. The lowest BCUT2D eigenvalue weighted by atomic mass is 10.1. The molecule has 2 aromatic rings. The molecule has 0 aliphatic carbocycles. The summed E-state index contributed by atoms with van der Waals surface area (Å²) in [5.41, 5.74) is 6.57. The molecule has 92 valence electrons. The van der Waals surface area contributed by atoms with Crippen LogP contribution in [0.2, 0.25) is 10.0 Å². The number of nitrogens with two attached hydrogens (primary N) is 1. The van der Waals surface area contributed by atoms with Crippen LogP contribution in [0, 0.1) is 0 Å². The molecule has 0 aliphatic rings. The molecule has 0 unspecified atom stereocenters. The summed E-state index contributed by atoms with van der Waals surface area (Å²) in [5, 5.41) is 12.4. The van der Waals surface area contributed by atoms with E-state index in [-0.39, 0.29) is 23.2 Å². The monoisotopic (exact) mass is 309 g/mol. The smallest absolute Gasteiger partial charge is 0.139 e. The first-order valence-corrected chi connectivity index (χ1v) is 6.20. The third kappa shape index (κ3) is 3.06. The fraction of sp³-hybridized carbons (Fsp3) is 0.0909. The van der Waals surface area contributed by atoms with E-state index in [9.17, 15) is 5.11 Å². The molecule has 1 aromatic carbocycles. The summed E-state index contributed by atoms with van der Waals surface area (Å²) >= 11 is 13.2. The molecule has 3 N–H and O–H groups in total. The zero-order valence-electron chi connectivity index (χ0n) is 8.56. The summed E-state index contributed by atoms with van der Waals surface area (Å²) < 4.78 is 0. The first-order chi connectivity index (χ1) is 7.59. The lowest BCUT2D eigenvalue weighted by Crippen LogP contribution is -2.10. The Balaban J connectivity index is 0.00000144. The molecule has 0 bridgehead atoms. The zero-order chi connectivity index (χ0) is 11.7. The highest BCUT2D eigenvalue weighted by molar-refractivity contribution is 7.10. The van der Waals surface area contributed by atoms with Gasteiger partial charge in [0.1, 0.15) is 5.75 Å². The fourth-order valence-electron chi connectivity index (χ4n) is 1.44. The van der Waals surface area contributed by atoms with Crippen molar-refractivity contribution in [1.82, 2.24) is 0 Å². The van der Waals surface area contributed by atoms with Crippen LogP contribution < -0.4 is 5.73 Å². The van der Waals surface area contributed by atoms with E-state index in [4.69, 9.17) is 28.9 Å². The largest absolute Gasteiger partial charge is 0.506 e. The van der Waals surface area contributed by atoms with Gasteiger partial charge in [0.25, 0.3) is 0 Å². The Kier molecular flexibility index (Phi) is 5.10. The van der Waals surface area contributed by atoms with Crippen LogP contribution in [0.4, 0.5) is 0 Å². The predicted molar refractivity (Wildman–Crippen MR) is 75.7 cm³/mol. The van der Waals surface area contributed by atoms with Gasteiger partial charge in [0, 0.05) is 15.5 Å². The molecule has 2 rings (SSSR count). The third-order valence-corrected chi connectivity index (χ3v) is 3.70. The normalized spacial score (nSPS) is 11.9. The van der Waals surface area contributed by atoms with Gasteiger partial charge in [-0.15, -0.1) is 23.7 Å². The van der Waals surface area contributed by atoms with E-state index < -0.39 is 6.04 Å². The Hall–Kier alpha value is -0.450. The molecule has 0 aliphatic heterocycles. The molecule has 0 radical (unpaired) electrons. The van der Waals surface area contributed by atoms with E-state index in [1.165, 1.54) is 17.4 Å². The molecule has 2 nitrogen and oxygen atoms in total. The van der Waals surface area contributed by atoms with Crippen LogP contribution in [0.3, 0.4) is 0 Å². The average molecular weight is 311 g/mol. The molecule has 0 fully saturated rings. The van der Waals surface area contributed by atoms with Crippen molar-refractivity contribution in [3.8, 4) is 5.75 Å². The molecule has 1 heterocycles. The maximum Gasteiger partial charge on any atom is 0.139 e. The number of phenolic OH excluding ortho intramolecular Hbond substituents is 1. The van der Waals surface area contributed by atoms with Gasteiger partial charge < -0.3 is 10.8 Å². The van der Waals surface area contributed by atoms with E-state index in [1.54, 1.807) is 6.07 Å². The minimum Gasteiger partial charge on any atom is -0.506 e. The maximum atomic E-state index is 9.83. The van der Waals surface area contributed by atoms with Crippen molar-refractivity contribution >= 4 is 46.9 Å². The number of hydrogen-bond donors (Lipinski definition) is 2. The first kappa shape index (κ1) is 14.6. The van der Waals surface area contributed by atoms with Crippen LogP contribution >= 0.6 is 46.9 Å². The van der Waals surface area contributed by atoms with Gasteiger partial charge in [0.2, 0.25) is 0 Å². The van der Waals surface area contributed by atoms with E-state index in [2.05, 4.69) is 0 Å². The molecule has 0 saturated carbocycles. The molecule has 0 spiro atoms. The summed E-state index contributed by atoms with van der Waals surface area (Å²) in [4.78, 5) is 0.952. The lowest BCUT2D eigenvalue weighted by Gasteiger charge is -2.13. The van der Waals surface area contributed by atoms with Crippen molar-refractivity contribution in [2.24, 2.45) is 5.73 Å². The number of aromatic hydroxyl groups is 1. The number of rotatable bonds is 2. The second-order valence-corrected chi connectivity index (χ2v) is 5.14. The van der Waals surface area contributed by atoms with Crippen molar-refractivity contribution < 1.29 is 5.11 Å². The number of benzene rings is 1. The van der Waals surface area contributed by atoms with Gasteiger partial charge in [-0.25, -0.2) is 0 Å². The van der Waals surface area contributed by atoms with Crippen LogP contribution in [0.5, 0.6) is 5.75 Å². The van der Waals surface area contributed by atoms with Crippen LogP contribution in [0.1, 0.15) is 16.5 Å². The first-order valence-electron chi connectivity index (χ1n) is 4.56. The number of phenols is 1. The summed E-state index contributed by atoms with van der Waals surface area (Å²) in [5.74, 6) is -0.00744. The minimum absolute atomic E-state index is 0. The van der Waals surface area contributed by atoms with Crippen LogP contribution in [0.25, 0.3) is 0 Å². The Bertz CT molecular complexity index is 502. The number of hydrogen-bond acceptors (Lipinski definition) is 3. The van der Waals surface area contributed by atoms with Gasteiger partial charge in [-0.3, -0.25) is 0 Å². The van der Waals surface area contributed by atoms with Gasteiger partial charge in [0.15, 0.2) is 0 Å². The fourth-order valence-corrected chi connectivity index (χ4v) is 2.70. The van der Waals surface area contributed by atoms with Crippen molar-refractivity contribution in [3.05, 3.63) is 50.1 Å². The van der Waals surface area contributed by atoms with Crippen molar-refractivity contribution in [1.29, 1.82) is 0 Å². The minimum atomic E-state index is -0.406. The highest BCUT2D eigenvalue weighted by Gasteiger charge is 2.17. The number of halogens is 3. The molecule has 6 heteroatoms. The second-order valence-electron chi connectivity index (χ2n) is 3.32. The quantitative estimate of drug-likeness (QED) is 0.872. The van der Waals surface area contributed by atoms with Crippen molar-refractivity contribution in [2.75, 3.05) is 0 Å². The molecule has 1 aromatic heterocycles. The summed E-state index contributed by atoms with van der Waals surface area (Å²) in [6, 6.07) is 6.53. The standard InChI is InChI=1S/C11H9Cl2NOS.ClH/c12-6-4-7(11(15)8(13)5-6)10(14)9-2-1-3-16-9;/h1-5,10,15H,14H2;1H/t10-;/m1./s1. The molecule has 0 amide bonds. The van der Waals surface area contributed by atoms with E-state index in [0.29, 0.717) is 10.6 Å². The zero-order valence-corrected chi connectivity index (χ0v) is 11.7. The summed E-state index contributed by atoms with van der Waals surface area (Å²) in [7, 11) is 0. The van der Waals surface area contributed by atoms with Gasteiger partial charge in [-0.2, -0.15) is 0 Å².